The van der Waals surface area contributed by atoms with Crippen LogP contribution in [0.2, 0.25) is 0 Å². The Morgan fingerprint density at radius 1 is 1.19 bits per heavy atom. The maximum absolute atomic E-state index is 11.1. The number of carboxylic acids is 1. The predicted octanol–water partition coefficient (Wildman–Crippen LogP) is 3.44. The molecule has 2 atom stereocenters. The highest BCUT2D eigenvalue weighted by atomic mass is 35.5. The lowest BCUT2D eigenvalue weighted by Crippen LogP contribution is -2.01. The average Bonchev–Trinajstić information content (AvgIpc) is 3.29. The highest BCUT2D eigenvalue weighted by molar-refractivity contribution is 6.55. The van der Waals surface area contributed by atoms with E-state index in [0.717, 1.165) is 6.07 Å². The van der Waals surface area contributed by atoms with E-state index in [1.807, 2.05) is 13.8 Å². The maximum atomic E-state index is 11.1. The number of rotatable bonds is 2. The summed E-state index contributed by atoms with van der Waals surface area (Å²) in [6.45, 7) is 3.84. The third-order valence-corrected chi connectivity index (χ3v) is 3.31. The number of nitrogens with zero attached hydrogens (tertiary/aromatic N) is 2. The second kappa shape index (κ2) is 8.67. The number of carbonyl (C=O) groups is 2. The Morgan fingerprint density at radius 3 is 1.86 bits per heavy atom. The molecule has 0 radical (unpaired) electrons. The number of Topliss-reactive ketones (excluding diaryl/α,β-unsaturated/α-hetero) is 1. The van der Waals surface area contributed by atoms with E-state index in [2.05, 4.69) is 0 Å². The van der Waals surface area contributed by atoms with E-state index < -0.39 is 5.97 Å². The van der Waals surface area contributed by atoms with E-state index in [9.17, 15) is 4.79 Å². The van der Waals surface area contributed by atoms with E-state index in [4.69, 9.17) is 43.6 Å². The summed E-state index contributed by atoms with van der Waals surface area (Å²) in [6, 6.07) is 2.58. The Balaban J connectivity index is 0.000000408. The van der Waals surface area contributed by atoms with Crippen LogP contribution in [-0.4, -0.2) is 16.9 Å². The first-order valence-electron chi connectivity index (χ1n) is 6.28. The van der Waals surface area contributed by atoms with Gasteiger partial charge in [0.1, 0.15) is 10.6 Å². The van der Waals surface area contributed by atoms with Gasteiger partial charge in [-0.2, -0.15) is 10.5 Å². The van der Waals surface area contributed by atoms with Crippen LogP contribution in [0.1, 0.15) is 33.1 Å². The summed E-state index contributed by atoms with van der Waals surface area (Å²) in [4.78, 5) is 20.1. The summed E-state index contributed by atoms with van der Waals surface area (Å²) in [7, 11) is 0. The molecular formula is C14H16Cl2N2O3. The topological polar surface area (TPSA) is 102 Å². The monoisotopic (exact) mass is 330 g/mol. The van der Waals surface area contributed by atoms with Crippen LogP contribution < -0.4 is 0 Å². The second-order valence-electron chi connectivity index (χ2n) is 5.23. The van der Waals surface area contributed by atoms with Crippen LogP contribution in [-0.2, 0) is 9.59 Å². The Bertz CT molecular complexity index is 507. The summed E-state index contributed by atoms with van der Waals surface area (Å²) in [5, 5.41) is 23.1. The lowest BCUT2D eigenvalue weighted by molar-refractivity contribution is -0.130. The predicted molar refractivity (Wildman–Crippen MR) is 78.3 cm³/mol. The van der Waals surface area contributed by atoms with Gasteiger partial charge in [-0.3, -0.25) is 4.79 Å². The molecule has 1 N–H and O–H groups in total. The molecule has 0 aliphatic heterocycles. The minimum atomic E-state index is -1.44. The highest BCUT2D eigenvalue weighted by Crippen LogP contribution is 2.59. The standard InChI is InChI=1S/C9H9Cl2NO.C3H6.C2HNO2/c1-9(2)5(3-7(10)11)8(9)6(13)4-12;1-2-3-1;3-1-2(4)5/h3,5,8H,1-2H3;1-3H2;(H,4,5). The summed E-state index contributed by atoms with van der Waals surface area (Å²) >= 11 is 11.0. The third-order valence-electron chi connectivity index (χ3n) is 3.06. The Kier molecular flexibility index (Phi) is 8.02. The van der Waals surface area contributed by atoms with Gasteiger partial charge in [0.2, 0.25) is 5.78 Å². The third kappa shape index (κ3) is 7.70. The van der Waals surface area contributed by atoms with E-state index >= 15 is 0 Å². The Morgan fingerprint density at radius 2 is 1.62 bits per heavy atom. The van der Waals surface area contributed by atoms with Gasteiger partial charge in [-0.25, -0.2) is 4.79 Å². The van der Waals surface area contributed by atoms with Crippen LogP contribution in [0.4, 0.5) is 0 Å². The molecule has 2 fully saturated rings. The van der Waals surface area contributed by atoms with E-state index in [1.54, 1.807) is 12.1 Å². The number of carbonyl (C=O) groups excluding carboxylic acids is 1. The summed E-state index contributed by atoms with van der Waals surface area (Å²) in [5.74, 6) is -2.07. The van der Waals surface area contributed by atoms with E-state index in [0.29, 0.717) is 0 Å². The van der Waals surface area contributed by atoms with Crippen molar-refractivity contribution in [2.24, 2.45) is 17.3 Å². The summed E-state index contributed by atoms with van der Waals surface area (Å²) < 4.78 is 0.159. The molecule has 0 spiro atoms. The number of carboxylic acid groups (broad SMARTS) is 1. The lowest BCUT2D eigenvalue weighted by Gasteiger charge is -1.96. The van der Waals surface area contributed by atoms with Gasteiger partial charge in [0.15, 0.2) is 6.07 Å². The molecule has 21 heavy (non-hydrogen) atoms. The van der Waals surface area contributed by atoms with Crippen LogP contribution in [0.25, 0.3) is 0 Å². The van der Waals surface area contributed by atoms with Gasteiger partial charge in [-0.05, 0) is 17.4 Å². The molecule has 114 valence electrons. The number of hydrogen-bond acceptors (Lipinski definition) is 4. The zero-order valence-corrected chi connectivity index (χ0v) is 13.3. The molecule has 2 aliphatic carbocycles. The van der Waals surface area contributed by atoms with Gasteiger partial charge in [0.25, 0.3) is 0 Å². The molecule has 2 aliphatic rings. The van der Waals surface area contributed by atoms with Crippen molar-refractivity contribution in [3.8, 4) is 12.1 Å². The highest BCUT2D eigenvalue weighted by Gasteiger charge is 2.60. The SMILES string of the molecule is C1CC1.CC1(C)C(C=C(Cl)Cl)C1C(=O)C#N.N#CC(=O)O. The van der Waals surface area contributed by atoms with Crippen LogP contribution >= 0.6 is 23.2 Å². The fraction of sp³-hybridized carbons (Fsp3) is 0.571. The fourth-order valence-corrected chi connectivity index (χ4v) is 1.97. The molecule has 0 saturated heterocycles. The second-order valence-corrected chi connectivity index (χ2v) is 6.24. The van der Waals surface area contributed by atoms with Crippen molar-refractivity contribution in [3.63, 3.8) is 0 Å². The molecular weight excluding hydrogens is 315 g/mol. The molecule has 0 aromatic heterocycles. The quantitative estimate of drug-likeness (QED) is 0.617. The summed E-state index contributed by atoms with van der Waals surface area (Å²) in [6.07, 6.45) is 6.13. The van der Waals surface area contributed by atoms with Gasteiger partial charge in [-0.15, -0.1) is 0 Å². The van der Waals surface area contributed by atoms with Crippen molar-refractivity contribution in [1.29, 1.82) is 10.5 Å². The molecule has 2 rings (SSSR count). The first-order valence-corrected chi connectivity index (χ1v) is 7.03. The van der Waals surface area contributed by atoms with E-state index in [-0.39, 0.29) is 27.5 Å². The first-order chi connectivity index (χ1) is 9.68. The smallest absolute Gasteiger partial charge is 0.408 e. The van der Waals surface area contributed by atoms with Crippen molar-refractivity contribution in [1.82, 2.24) is 0 Å². The van der Waals surface area contributed by atoms with Gasteiger partial charge in [-0.1, -0.05) is 56.3 Å². The molecule has 0 aromatic carbocycles. The van der Waals surface area contributed by atoms with Crippen molar-refractivity contribution in [3.05, 3.63) is 10.6 Å². The van der Waals surface area contributed by atoms with Crippen LogP contribution in [0, 0.1) is 39.9 Å². The first kappa shape index (κ1) is 19.4. The number of halogens is 2. The van der Waals surface area contributed by atoms with Crippen LogP contribution in [0.5, 0.6) is 0 Å². The van der Waals surface area contributed by atoms with E-state index in [1.165, 1.54) is 19.3 Å². The minimum absolute atomic E-state index is 0.00431. The minimum Gasteiger partial charge on any atom is -0.470 e. The zero-order valence-electron chi connectivity index (χ0n) is 11.8. The molecule has 7 heteroatoms. The Hall–Kier alpha value is -1.56. The normalized spacial score (nSPS) is 22.6. The van der Waals surface area contributed by atoms with Crippen LogP contribution in [0.3, 0.4) is 0 Å². The lowest BCUT2D eigenvalue weighted by atomic mass is 10.1. The summed E-state index contributed by atoms with van der Waals surface area (Å²) in [5.41, 5.74) is -0.179. The van der Waals surface area contributed by atoms with Crippen LogP contribution in [0.15, 0.2) is 10.6 Å². The number of aliphatic carboxylic acids is 1. The number of hydrogen-bond donors (Lipinski definition) is 1. The molecule has 2 saturated carbocycles. The average molecular weight is 331 g/mol. The van der Waals surface area contributed by atoms with Gasteiger partial charge < -0.3 is 5.11 Å². The van der Waals surface area contributed by atoms with Gasteiger partial charge >= 0.3 is 5.97 Å². The number of allylic oxidation sites excluding steroid dienone is 1. The van der Waals surface area contributed by atoms with Gasteiger partial charge in [0.05, 0.1) is 0 Å². The van der Waals surface area contributed by atoms with Crippen molar-refractivity contribution < 1.29 is 14.7 Å². The van der Waals surface area contributed by atoms with Gasteiger partial charge in [0, 0.05) is 5.92 Å². The molecule has 0 heterocycles. The fourth-order valence-electron chi connectivity index (χ4n) is 1.69. The molecule has 5 nitrogen and oxygen atoms in total. The van der Waals surface area contributed by atoms with Crippen molar-refractivity contribution >= 4 is 35.0 Å². The Labute approximate surface area is 133 Å². The molecule has 0 aromatic rings. The molecule has 0 bridgehead atoms. The molecule has 2 unspecified atom stereocenters. The number of ketones is 1. The largest absolute Gasteiger partial charge is 0.470 e. The van der Waals surface area contributed by atoms with Crippen molar-refractivity contribution in [2.75, 3.05) is 0 Å². The molecule has 0 amide bonds. The zero-order chi connectivity index (χ0) is 16.6. The number of nitriles is 2. The maximum Gasteiger partial charge on any atom is 0.408 e. The van der Waals surface area contributed by atoms with Crippen molar-refractivity contribution in [2.45, 2.75) is 33.1 Å².